The Morgan fingerprint density at radius 1 is 0.969 bits per heavy atom. The maximum absolute atomic E-state index is 12.7. The van der Waals surface area contributed by atoms with Crippen molar-refractivity contribution in [3.05, 3.63) is 78.0 Å². The monoisotopic (exact) mass is 452 g/mol. The second-order valence-electron chi connectivity index (χ2n) is 7.03. The fourth-order valence-electron chi connectivity index (χ4n) is 3.17. The number of carbonyl (C=O) groups is 2. The Bertz CT molecular complexity index is 1250. The minimum absolute atomic E-state index is 0.101. The topological polar surface area (TPSA) is 117 Å². The number of fused-ring (bicyclic) bond motifs is 1. The van der Waals surface area contributed by atoms with E-state index in [4.69, 9.17) is 4.74 Å². The molecule has 2 N–H and O–H groups in total. The number of allylic oxidation sites excluding steroid dienone is 2. The molecule has 0 bridgehead atoms. The van der Waals surface area contributed by atoms with Crippen LogP contribution in [-0.2, 0) is 14.8 Å². The standard InChI is InChI=1S/C22H20N4O5S/c1-31-18-10-8-17(9-11-18)23-21(27)15-4-6-16(7-5-15)24-22(28)19-3-2-12-26-13-14-32(29,30)25-20(19)26/h2-12H,13-14H2,1H3,(H,23,27)(H,24,28). The summed E-state index contributed by atoms with van der Waals surface area (Å²) in [5, 5.41) is 5.50. The lowest BCUT2D eigenvalue weighted by molar-refractivity contribution is -0.112. The molecule has 164 valence electrons. The molecule has 0 unspecified atom stereocenters. The number of amidine groups is 1. The van der Waals surface area contributed by atoms with E-state index in [1.807, 2.05) is 0 Å². The van der Waals surface area contributed by atoms with Crippen LogP contribution in [0.3, 0.4) is 0 Å². The highest BCUT2D eigenvalue weighted by Gasteiger charge is 2.30. The summed E-state index contributed by atoms with van der Waals surface area (Å²) < 4.78 is 32.5. The minimum Gasteiger partial charge on any atom is -0.497 e. The van der Waals surface area contributed by atoms with Gasteiger partial charge in [0.15, 0.2) is 5.84 Å². The first-order chi connectivity index (χ1) is 15.3. The Hall–Kier alpha value is -3.92. The average Bonchev–Trinajstić information content (AvgIpc) is 2.79. The van der Waals surface area contributed by atoms with Crippen molar-refractivity contribution < 1.29 is 22.7 Å². The largest absolute Gasteiger partial charge is 0.497 e. The Labute approximate surface area is 185 Å². The molecule has 32 heavy (non-hydrogen) atoms. The van der Waals surface area contributed by atoms with Gasteiger partial charge in [-0.3, -0.25) is 9.59 Å². The summed E-state index contributed by atoms with van der Waals surface area (Å²) in [5.41, 5.74) is 1.64. The SMILES string of the molecule is COc1ccc(NC(=O)c2ccc(NC(=O)C3=CC=CN4CCS(=O)(=O)N=C34)cc2)cc1. The smallest absolute Gasteiger partial charge is 0.259 e. The number of hydrogen-bond acceptors (Lipinski definition) is 6. The summed E-state index contributed by atoms with van der Waals surface area (Å²) in [6, 6.07) is 13.3. The number of carbonyl (C=O) groups excluding carboxylic acids is 2. The lowest BCUT2D eigenvalue weighted by Crippen LogP contribution is -2.40. The second kappa shape index (κ2) is 8.67. The van der Waals surface area contributed by atoms with E-state index < -0.39 is 15.9 Å². The molecular weight excluding hydrogens is 432 g/mol. The van der Waals surface area contributed by atoms with Gasteiger partial charge in [0, 0.05) is 29.7 Å². The van der Waals surface area contributed by atoms with E-state index >= 15 is 0 Å². The van der Waals surface area contributed by atoms with Crippen LogP contribution in [0, 0.1) is 0 Å². The van der Waals surface area contributed by atoms with E-state index in [1.54, 1.807) is 72.8 Å². The Kier molecular flexibility index (Phi) is 5.78. The molecule has 2 aliphatic rings. The summed E-state index contributed by atoms with van der Waals surface area (Å²) >= 11 is 0. The number of benzene rings is 2. The number of amides is 2. The zero-order valence-corrected chi connectivity index (χ0v) is 17.9. The zero-order chi connectivity index (χ0) is 22.7. The van der Waals surface area contributed by atoms with Gasteiger partial charge in [0.25, 0.3) is 21.8 Å². The Morgan fingerprint density at radius 3 is 2.25 bits per heavy atom. The molecule has 2 aliphatic heterocycles. The molecule has 0 saturated carbocycles. The second-order valence-corrected chi connectivity index (χ2v) is 8.78. The van der Waals surface area contributed by atoms with Crippen molar-refractivity contribution in [3.8, 4) is 5.75 Å². The first kappa shape index (κ1) is 21.3. The van der Waals surface area contributed by atoms with Crippen LogP contribution in [0.25, 0.3) is 0 Å². The molecule has 0 saturated heterocycles. The third-order valence-corrected chi connectivity index (χ3v) is 6.00. The van der Waals surface area contributed by atoms with Crippen LogP contribution in [0.5, 0.6) is 5.75 Å². The predicted molar refractivity (Wildman–Crippen MR) is 121 cm³/mol. The molecule has 2 aromatic rings. The van der Waals surface area contributed by atoms with Crippen LogP contribution >= 0.6 is 0 Å². The highest BCUT2D eigenvalue weighted by atomic mass is 32.2. The maximum Gasteiger partial charge on any atom is 0.259 e. The zero-order valence-electron chi connectivity index (χ0n) is 17.1. The third kappa shape index (κ3) is 4.70. The summed E-state index contributed by atoms with van der Waals surface area (Å²) in [5.74, 6) is -0.106. The van der Waals surface area contributed by atoms with Crippen molar-refractivity contribution in [3.63, 3.8) is 0 Å². The van der Waals surface area contributed by atoms with Crippen molar-refractivity contribution in [2.45, 2.75) is 0 Å². The van der Waals surface area contributed by atoms with E-state index in [0.29, 0.717) is 22.7 Å². The first-order valence-electron chi connectivity index (χ1n) is 9.69. The van der Waals surface area contributed by atoms with Crippen molar-refractivity contribution in [1.29, 1.82) is 0 Å². The van der Waals surface area contributed by atoms with E-state index in [1.165, 1.54) is 6.08 Å². The Morgan fingerprint density at radius 2 is 1.59 bits per heavy atom. The molecule has 0 radical (unpaired) electrons. The summed E-state index contributed by atoms with van der Waals surface area (Å²) in [6.45, 7) is 0.236. The third-order valence-electron chi connectivity index (χ3n) is 4.86. The van der Waals surface area contributed by atoms with Gasteiger partial charge in [0.05, 0.1) is 18.4 Å². The van der Waals surface area contributed by atoms with Crippen LogP contribution < -0.4 is 15.4 Å². The lowest BCUT2D eigenvalue weighted by atomic mass is 10.1. The first-order valence-corrected chi connectivity index (χ1v) is 11.3. The maximum atomic E-state index is 12.7. The van der Waals surface area contributed by atoms with Crippen molar-refractivity contribution >= 4 is 39.0 Å². The van der Waals surface area contributed by atoms with Gasteiger partial charge in [-0.15, -0.1) is 4.40 Å². The van der Waals surface area contributed by atoms with Gasteiger partial charge in [-0.1, -0.05) is 0 Å². The van der Waals surface area contributed by atoms with Gasteiger partial charge in [0.2, 0.25) is 0 Å². The number of methoxy groups -OCH3 is 1. The van der Waals surface area contributed by atoms with Gasteiger partial charge in [0.1, 0.15) is 5.75 Å². The highest BCUT2D eigenvalue weighted by molar-refractivity contribution is 7.90. The predicted octanol–water partition coefficient (Wildman–Crippen LogP) is 2.38. The normalized spacial score (nSPS) is 16.3. The average molecular weight is 452 g/mol. The molecule has 2 heterocycles. The van der Waals surface area contributed by atoms with E-state index in [0.717, 1.165) is 0 Å². The molecule has 0 atom stereocenters. The van der Waals surface area contributed by atoms with Crippen LogP contribution in [-0.4, -0.2) is 50.4 Å². The van der Waals surface area contributed by atoms with Crippen LogP contribution in [0.1, 0.15) is 10.4 Å². The molecule has 0 aliphatic carbocycles. The van der Waals surface area contributed by atoms with E-state index in [9.17, 15) is 18.0 Å². The van der Waals surface area contributed by atoms with Gasteiger partial charge in [-0.25, -0.2) is 8.42 Å². The molecule has 2 aromatic carbocycles. The molecule has 0 aromatic heterocycles. The molecule has 4 rings (SSSR count). The quantitative estimate of drug-likeness (QED) is 0.719. The molecular formula is C22H20N4O5S. The van der Waals surface area contributed by atoms with Gasteiger partial charge < -0.3 is 20.3 Å². The van der Waals surface area contributed by atoms with Crippen LogP contribution in [0.4, 0.5) is 11.4 Å². The van der Waals surface area contributed by atoms with Crippen molar-refractivity contribution in [2.24, 2.45) is 4.40 Å². The fourth-order valence-corrected chi connectivity index (χ4v) is 4.16. The summed E-state index contributed by atoms with van der Waals surface area (Å²) in [7, 11) is -2.03. The van der Waals surface area contributed by atoms with Gasteiger partial charge >= 0.3 is 0 Å². The minimum atomic E-state index is -3.60. The fraction of sp³-hybridized carbons (Fsp3) is 0.136. The van der Waals surface area contributed by atoms with Gasteiger partial charge in [-0.2, -0.15) is 0 Å². The van der Waals surface area contributed by atoms with E-state index in [-0.39, 0.29) is 29.6 Å². The van der Waals surface area contributed by atoms with E-state index in [2.05, 4.69) is 15.0 Å². The molecule has 0 spiro atoms. The molecule has 2 amide bonds. The Balaban J connectivity index is 1.43. The lowest BCUT2D eigenvalue weighted by Gasteiger charge is -2.28. The number of sulfonamides is 1. The molecule has 9 nitrogen and oxygen atoms in total. The van der Waals surface area contributed by atoms with Crippen LogP contribution in [0.15, 0.2) is 76.9 Å². The van der Waals surface area contributed by atoms with Crippen molar-refractivity contribution in [1.82, 2.24) is 4.90 Å². The number of anilines is 2. The number of hydrogen-bond donors (Lipinski definition) is 2. The van der Waals surface area contributed by atoms with Gasteiger partial charge in [-0.05, 0) is 60.7 Å². The molecule has 0 fully saturated rings. The van der Waals surface area contributed by atoms with Crippen LogP contribution in [0.2, 0.25) is 0 Å². The summed E-state index contributed by atoms with van der Waals surface area (Å²) in [4.78, 5) is 26.8. The number of nitrogens with one attached hydrogen (secondary N) is 2. The number of rotatable bonds is 5. The highest BCUT2D eigenvalue weighted by Crippen LogP contribution is 2.20. The van der Waals surface area contributed by atoms with Crippen molar-refractivity contribution in [2.75, 3.05) is 30.0 Å². The summed E-state index contributed by atoms with van der Waals surface area (Å²) in [6.07, 6.45) is 4.86. The molecule has 10 heteroatoms. The number of ether oxygens (including phenoxy) is 1. The number of nitrogens with zero attached hydrogens (tertiary/aromatic N) is 2.